The van der Waals surface area contributed by atoms with E-state index in [2.05, 4.69) is 4.98 Å². The third kappa shape index (κ3) is 0.985. The number of nitrogens with one attached hydrogen (secondary N) is 1. The van der Waals surface area contributed by atoms with Gasteiger partial charge in [-0.2, -0.15) is 0 Å². The molecular formula is C5H8N4O. The molecule has 3 N–H and O–H groups in total. The van der Waals surface area contributed by atoms with Gasteiger partial charge in [0.2, 0.25) is 0 Å². The standard InChI is InChI=1S/C5H8N4O/c1-9-3-7-2-4(9)5(10)8-6/h2-3H,6H2,1H3,(H,8,10). The van der Waals surface area contributed by atoms with E-state index in [0.717, 1.165) is 0 Å². The van der Waals surface area contributed by atoms with E-state index < -0.39 is 0 Å². The normalized spacial score (nSPS) is 9.40. The van der Waals surface area contributed by atoms with E-state index >= 15 is 0 Å². The molecule has 1 aromatic heterocycles. The van der Waals surface area contributed by atoms with Gasteiger partial charge in [0.1, 0.15) is 5.69 Å². The molecule has 0 spiro atoms. The molecule has 0 fully saturated rings. The van der Waals surface area contributed by atoms with Crippen molar-refractivity contribution in [1.29, 1.82) is 0 Å². The van der Waals surface area contributed by atoms with Crippen LogP contribution in [0.1, 0.15) is 10.5 Å². The molecular weight excluding hydrogens is 132 g/mol. The summed E-state index contributed by atoms with van der Waals surface area (Å²) in [6.07, 6.45) is 2.98. The maximum Gasteiger partial charge on any atom is 0.283 e. The predicted octanol–water partition coefficient (Wildman–Crippen LogP) is -0.976. The van der Waals surface area contributed by atoms with E-state index in [0.29, 0.717) is 5.69 Å². The summed E-state index contributed by atoms with van der Waals surface area (Å²) in [6.45, 7) is 0. The van der Waals surface area contributed by atoms with Crippen LogP contribution in [0, 0.1) is 0 Å². The molecule has 0 atom stereocenters. The van der Waals surface area contributed by atoms with Gasteiger partial charge < -0.3 is 4.57 Å². The van der Waals surface area contributed by atoms with Crippen LogP contribution in [0.5, 0.6) is 0 Å². The molecule has 5 heteroatoms. The second-order valence-electron chi connectivity index (χ2n) is 1.86. The summed E-state index contributed by atoms with van der Waals surface area (Å²) in [4.78, 5) is 14.5. The Hall–Kier alpha value is -1.36. The second kappa shape index (κ2) is 2.49. The summed E-state index contributed by atoms with van der Waals surface area (Å²) >= 11 is 0. The van der Waals surface area contributed by atoms with Crippen LogP contribution in [-0.2, 0) is 7.05 Å². The van der Waals surface area contributed by atoms with Crippen LogP contribution in [0.15, 0.2) is 12.5 Å². The summed E-state index contributed by atoms with van der Waals surface area (Å²) in [7, 11) is 1.72. The van der Waals surface area contributed by atoms with Gasteiger partial charge in [-0.1, -0.05) is 0 Å². The maximum absolute atomic E-state index is 10.8. The average molecular weight is 140 g/mol. The van der Waals surface area contributed by atoms with Crippen molar-refractivity contribution in [2.75, 3.05) is 0 Å². The molecule has 0 unspecified atom stereocenters. The van der Waals surface area contributed by atoms with Gasteiger partial charge in [0.05, 0.1) is 12.5 Å². The molecule has 5 nitrogen and oxygen atoms in total. The second-order valence-corrected chi connectivity index (χ2v) is 1.86. The van der Waals surface area contributed by atoms with Gasteiger partial charge in [-0.3, -0.25) is 10.2 Å². The molecule has 0 bridgehead atoms. The Morgan fingerprint density at radius 3 is 3.00 bits per heavy atom. The van der Waals surface area contributed by atoms with Crippen molar-refractivity contribution in [3.8, 4) is 0 Å². The smallest absolute Gasteiger partial charge is 0.283 e. The number of imidazole rings is 1. The van der Waals surface area contributed by atoms with Gasteiger partial charge in [0, 0.05) is 7.05 Å². The quantitative estimate of drug-likeness (QED) is 0.299. The molecule has 0 saturated heterocycles. The number of carbonyl (C=O) groups is 1. The van der Waals surface area contributed by atoms with Crippen LogP contribution in [0.3, 0.4) is 0 Å². The summed E-state index contributed by atoms with van der Waals surface area (Å²) in [5.41, 5.74) is 2.46. The van der Waals surface area contributed by atoms with E-state index in [9.17, 15) is 4.79 Å². The van der Waals surface area contributed by atoms with Crippen molar-refractivity contribution in [3.05, 3.63) is 18.2 Å². The third-order valence-corrected chi connectivity index (χ3v) is 1.18. The number of nitrogen functional groups attached to an aromatic ring is 1. The fraction of sp³-hybridized carbons (Fsp3) is 0.200. The van der Waals surface area contributed by atoms with Crippen LogP contribution in [0.2, 0.25) is 0 Å². The molecule has 0 aliphatic rings. The van der Waals surface area contributed by atoms with Crippen LogP contribution in [0.4, 0.5) is 0 Å². The summed E-state index contributed by atoms with van der Waals surface area (Å²) in [5, 5.41) is 0. The fourth-order valence-electron chi connectivity index (χ4n) is 0.650. The summed E-state index contributed by atoms with van der Waals surface area (Å²) in [5.74, 6) is 4.56. The number of rotatable bonds is 1. The Morgan fingerprint density at radius 2 is 2.60 bits per heavy atom. The van der Waals surface area contributed by atoms with Crippen molar-refractivity contribution in [3.63, 3.8) is 0 Å². The molecule has 0 aliphatic heterocycles. The van der Waals surface area contributed by atoms with Crippen LogP contribution in [0.25, 0.3) is 0 Å². The van der Waals surface area contributed by atoms with Gasteiger partial charge in [-0.25, -0.2) is 10.8 Å². The summed E-state index contributed by atoms with van der Waals surface area (Å²) < 4.78 is 1.59. The van der Waals surface area contributed by atoms with E-state index in [1.54, 1.807) is 11.6 Å². The molecule has 0 saturated carbocycles. The van der Waals surface area contributed by atoms with E-state index in [1.807, 2.05) is 5.43 Å². The molecule has 1 aromatic rings. The van der Waals surface area contributed by atoms with Gasteiger partial charge in [0.25, 0.3) is 5.91 Å². The molecule has 54 valence electrons. The van der Waals surface area contributed by atoms with Crippen molar-refractivity contribution >= 4 is 5.91 Å². The Labute approximate surface area is 57.8 Å². The first kappa shape index (κ1) is 6.76. The number of hydrazine groups is 1. The number of hydrogen-bond acceptors (Lipinski definition) is 3. The van der Waals surface area contributed by atoms with Crippen molar-refractivity contribution in [2.45, 2.75) is 0 Å². The number of nitrogens with zero attached hydrogens (tertiary/aromatic N) is 2. The average Bonchev–Trinajstić information content (AvgIpc) is 2.34. The minimum absolute atomic E-state index is 0.333. The number of aryl methyl sites for hydroxylation is 1. The topological polar surface area (TPSA) is 72.9 Å². The van der Waals surface area contributed by atoms with E-state index in [-0.39, 0.29) is 5.91 Å². The largest absolute Gasteiger partial charge is 0.330 e. The fourth-order valence-corrected chi connectivity index (χ4v) is 0.650. The lowest BCUT2D eigenvalue weighted by molar-refractivity contribution is 0.0945. The Kier molecular flexibility index (Phi) is 1.68. The highest BCUT2D eigenvalue weighted by Crippen LogP contribution is 1.93. The van der Waals surface area contributed by atoms with Gasteiger partial charge in [-0.15, -0.1) is 0 Å². The summed E-state index contributed by atoms with van der Waals surface area (Å²) in [6, 6.07) is 0. The molecule has 1 rings (SSSR count). The predicted molar refractivity (Wildman–Crippen MR) is 34.9 cm³/mol. The third-order valence-electron chi connectivity index (χ3n) is 1.18. The Bertz CT molecular complexity index is 242. The van der Waals surface area contributed by atoms with E-state index in [1.165, 1.54) is 12.5 Å². The SMILES string of the molecule is Cn1cncc1C(=O)NN. The van der Waals surface area contributed by atoms with Crippen LogP contribution in [-0.4, -0.2) is 15.5 Å². The number of nitrogens with two attached hydrogens (primary N) is 1. The molecule has 10 heavy (non-hydrogen) atoms. The first-order valence-electron chi connectivity index (χ1n) is 2.73. The Morgan fingerprint density at radius 1 is 1.90 bits per heavy atom. The highest BCUT2D eigenvalue weighted by molar-refractivity contribution is 5.91. The number of amides is 1. The van der Waals surface area contributed by atoms with Crippen LogP contribution >= 0.6 is 0 Å². The highest BCUT2D eigenvalue weighted by atomic mass is 16.2. The van der Waals surface area contributed by atoms with Gasteiger partial charge in [-0.05, 0) is 0 Å². The van der Waals surface area contributed by atoms with Crippen molar-refractivity contribution < 1.29 is 4.79 Å². The zero-order chi connectivity index (χ0) is 7.56. The van der Waals surface area contributed by atoms with E-state index in [4.69, 9.17) is 5.84 Å². The van der Waals surface area contributed by atoms with Crippen molar-refractivity contribution in [1.82, 2.24) is 15.0 Å². The zero-order valence-corrected chi connectivity index (χ0v) is 5.53. The van der Waals surface area contributed by atoms with Gasteiger partial charge in [0.15, 0.2) is 0 Å². The lowest BCUT2D eigenvalue weighted by Gasteiger charge is -1.97. The molecule has 0 radical (unpaired) electrons. The first-order chi connectivity index (χ1) is 4.75. The molecule has 0 aromatic carbocycles. The number of carbonyl (C=O) groups excluding carboxylic acids is 1. The highest BCUT2D eigenvalue weighted by Gasteiger charge is 2.05. The Balaban J connectivity index is 2.93. The minimum Gasteiger partial charge on any atom is -0.330 e. The molecule has 1 amide bonds. The lowest BCUT2D eigenvalue weighted by atomic mass is 10.4. The lowest BCUT2D eigenvalue weighted by Crippen LogP contribution is -2.31. The molecule has 0 aliphatic carbocycles. The number of hydrogen-bond donors (Lipinski definition) is 2. The van der Waals surface area contributed by atoms with Crippen molar-refractivity contribution in [2.24, 2.45) is 12.9 Å². The number of aromatic nitrogens is 2. The van der Waals surface area contributed by atoms with Gasteiger partial charge >= 0.3 is 0 Å². The monoisotopic (exact) mass is 140 g/mol. The first-order valence-corrected chi connectivity index (χ1v) is 2.73. The maximum atomic E-state index is 10.8. The molecule has 1 heterocycles. The van der Waals surface area contributed by atoms with Crippen LogP contribution < -0.4 is 11.3 Å². The minimum atomic E-state index is -0.333. The zero-order valence-electron chi connectivity index (χ0n) is 5.53.